The molecule has 56 valence electrons. The van der Waals surface area contributed by atoms with Crippen LogP contribution in [-0.4, -0.2) is 19.6 Å². The molecule has 0 aromatic rings. The predicted molar refractivity (Wildman–Crippen MR) is 39.6 cm³/mol. The van der Waals surface area contributed by atoms with Gasteiger partial charge in [0.1, 0.15) is 0 Å². The molecule has 0 saturated carbocycles. The summed E-state index contributed by atoms with van der Waals surface area (Å²) in [7, 11) is 0. The van der Waals surface area contributed by atoms with E-state index in [1.807, 2.05) is 0 Å². The van der Waals surface area contributed by atoms with E-state index in [0.29, 0.717) is 6.54 Å². The maximum absolute atomic E-state index is 7.98. The average molecular weight is 140 g/mol. The average Bonchev–Trinajstić information content (AvgIpc) is 2.41. The molecule has 0 radical (unpaired) electrons. The number of hydrogen-bond donors (Lipinski definition) is 1. The van der Waals surface area contributed by atoms with Crippen LogP contribution in [0.5, 0.6) is 0 Å². The first-order valence-corrected chi connectivity index (χ1v) is 3.65. The van der Waals surface area contributed by atoms with E-state index in [-0.39, 0.29) is 0 Å². The van der Waals surface area contributed by atoms with Crippen LogP contribution in [0.15, 0.2) is 5.11 Å². The van der Waals surface area contributed by atoms with Crippen LogP contribution in [0.2, 0.25) is 0 Å². The van der Waals surface area contributed by atoms with E-state index < -0.39 is 0 Å². The van der Waals surface area contributed by atoms with Crippen molar-refractivity contribution >= 4 is 0 Å². The predicted octanol–water partition coefficient (Wildman–Crippen LogP) is 1.30. The van der Waals surface area contributed by atoms with E-state index in [0.717, 1.165) is 25.4 Å². The number of nitrogens with one attached hydrogen (secondary N) is 1. The SMILES string of the molecule is [N-]=[N+]=NCC[C@@H]1CCNC1. The van der Waals surface area contributed by atoms with Crippen LogP contribution in [0.4, 0.5) is 0 Å². The minimum absolute atomic E-state index is 0.656. The largest absolute Gasteiger partial charge is 0.316 e. The lowest BCUT2D eigenvalue weighted by Crippen LogP contribution is -2.09. The van der Waals surface area contributed by atoms with Crippen molar-refractivity contribution in [3.05, 3.63) is 10.4 Å². The highest BCUT2D eigenvalue weighted by atomic mass is 15.1. The van der Waals surface area contributed by atoms with Crippen molar-refractivity contribution in [1.82, 2.24) is 5.32 Å². The fraction of sp³-hybridized carbons (Fsp3) is 1.00. The Morgan fingerprint density at radius 2 is 2.60 bits per heavy atom. The topological polar surface area (TPSA) is 60.8 Å². The van der Waals surface area contributed by atoms with Crippen molar-refractivity contribution in [2.75, 3.05) is 19.6 Å². The molecule has 1 saturated heterocycles. The Balaban J connectivity index is 2.06. The van der Waals surface area contributed by atoms with Gasteiger partial charge in [0, 0.05) is 11.5 Å². The molecule has 1 aliphatic rings. The Morgan fingerprint density at radius 1 is 1.70 bits per heavy atom. The van der Waals surface area contributed by atoms with E-state index in [1.165, 1.54) is 6.42 Å². The first-order valence-electron chi connectivity index (χ1n) is 3.65. The van der Waals surface area contributed by atoms with Gasteiger partial charge in [-0.1, -0.05) is 5.11 Å². The summed E-state index contributed by atoms with van der Waals surface area (Å²) in [6.07, 6.45) is 2.28. The van der Waals surface area contributed by atoms with E-state index in [4.69, 9.17) is 5.53 Å². The summed E-state index contributed by atoms with van der Waals surface area (Å²) in [4.78, 5) is 2.70. The summed E-state index contributed by atoms with van der Waals surface area (Å²) in [5.41, 5.74) is 7.98. The molecule has 0 aliphatic carbocycles. The summed E-state index contributed by atoms with van der Waals surface area (Å²) in [6.45, 7) is 2.88. The third-order valence-electron chi connectivity index (χ3n) is 1.86. The van der Waals surface area contributed by atoms with Gasteiger partial charge >= 0.3 is 0 Å². The number of nitrogens with zero attached hydrogens (tertiary/aromatic N) is 3. The quantitative estimate of drug-likeness (QED) is 0.358. The molecule has 0 aromatic heterocycles. The van der Waals surface area contributed by atoms with E-state index in [9.17, 15) is 0 Å². The van der Waals surface area contributed by atoms with Crippen molar-refractivity contribution in [3.8, 4) is 0 Å². The number of hydrogen-bond acceptors (Lipinski definition) is 2. The molecule has 1 N–H and O–H groups in total. The molecule has 4 heteroatoms. The normalized spacial score (nSPS) is 24.2. The van der Waals surface area contributed by atoms with Gasteiger partial charge in [0.25, 0.3) is 0 Å². The van der Waals surface area contributed by atoms with Crippen molar-refractivity contribution in [3.63, 3.8) is 0 Å². The summed E-state index contributed by atoms with van der Waals surface area (Å²) < 4.78 is 0. The molecule has 0 aromatic carbocycles. The van der Waals surface area contributed by atoms with Gasteiger partial charge in [0.2, 0.25) is 0 Å². The summed E-state index contributed by atoms with van der Waals surface area (Å²) in [5.74, 6) is 0.741. The third-order valence-corrected chi connectivity index (χ3v) is 1.86. The zero-order valence-corrected chi connectivity index (χ0v) is 5.95. The molecule has 1 atom stereocenters. The summed E-state index contributed by atoms with van der Waals surface area (Å²) in [6, 6.07) is 0. The minimum Gasteiger partial charge on any atom is -0.316 e. The lowest BCUT2D eigenvalue weighted by molar-refractivity contribution is 0.540. The standard InChI is InChI=1S/C6H12N4/c7-10-9-4-2-6-1-3-8-5-6/h6,8H,1-5H2/t6-/m0/s1. The number of azide groups is 1. The van der Waals surface area contributed by atoms with Crippen LogP contribution < -0.4 is 5.32 Å². The Hall–Kier alpha value is -0.730. The Bertz CT molecular complexity index is 133. The van der Waals surface area contributed by atoms with Gasteiger partial charge in [-0.15, -0.1) is 0 Å². The summed E-state index contributed by atoms with van der Waals surface area (Å²) in [5, 5.41) is 6.75. The van der Waals surface area contributed by atoms with E-state index in [1.54, 1.807) is 0 Å². The first-order chi connectivity index (χ1) is 4.93. The Labute approximate surface area is 60.2 Å². The molecule has 4 nitrogen and oxygen atoms in total. The van der Waals surface area contributed by atoms with Crippen LogP contribution >= 0.6 is 0 Å². The van der Waals surface area contributed by atoms with Gasteiger partial charge in [-0.25, -0.2) is 0 Å². The highest BCUT2D eigenvalue weighted by Gasteiger charge is 2.12. The van der Waals surface area contributed by atoms with Gasteiger partial charge in [-0.3, -0.25) is 0 Å². The number of rotatable bonds is 3. The fourth-order valence-corrected chi connectivity index (χ4v) is 1.25. The van der Waals surface area contributed by atoms with E-state index >= 15 is 0 Å². The molecular formula is C6H12N4. The van der Waals surface area contributed by atoms with E-state index in [2.05, 4.69) is 15.3 Å². The molecule has 1 aliphatic heterocycles. The van der Waals surface area contributed by atoms with Gasteiger partial charge in [-0.05, 0) is 37.4 Å². The zero-order chi connectivity index (χ0) is 7.23. The molecule has 0 spiro atoms. The highest BCUT2D eigenvalue weighted by molar-refractivity contribution is 4.71. The van der Waals surface area contributed by atoms with Gasteiger partial charge < -0.3 is 5.32 Å². The second-order valence-corrected chi connectivity index (χ2v) is 2.60. The van der Waals surface area contributed by atoms with Crippen molar-refractivity contribution in [2.45, 2.75) is 12.8 Å². The highest BCUT2D eigenvalue weighted by Crippen LogP contribution is 2.11. The molecule has 0 unspecified atom stereocenters. The molecule has 0 amide bonds. The van der Waals surface area contributed by atoms with Crippen molar-refractivity contribution in [1.29, 1.82) is 0 Å². The lowest BCUT2D eigenvalue weighted by Gasteiger charge is -2.02. The molecular weight excluding hydrogens is 128 g/mol. The van der Waals surface area contributed by atoms with Crippen LogP contribution in [0.1, 0.15) is 12.8 Å². The van der Waals surface area contributed by atoms with Crippen LogP contribution in [-0.2, 0) is 0 Å². The van der Waals surface area contributed by atoms with Gasteiger partial charge in [0.15, 0.2) is 0 Å². The zero-order valence-electron chi connectivity index (χ0n) is 5.95. The minimum atomic E-state index is 0.656. The Kier molecular flexibility index (Phi) is 3.06. The molecule has 1 fully saturated rings. The summed E-state index contributed by atoms with van der Waals surface area (Å²) >= 11 is 0. The molecule has 0 bridgehead atoms. The third kappa shape index (κ3) is 2.25. The molecule has 1 heterocycles. The van der Waals surface area contributed by atoms with Crippen LogP contribution in [0.3, 0.4) is 0 Å². The van der Waals surface area contributed by atoms with Gasteiger partial charge in [-0.2, -0.15) is 0 Å². The maximum Gasteiger partial charge on any atom is 0.0261 e. The molecule has 1 rings (SSSR count). The monoisotopic (exact) mass is 140 g/mol. The first kappa shape index (κ1) is 7.38. The van der Waals surface area contributed by atoms with Crippen LogP contribution in [0.25, 0.3) is 10.4 Å². The Morgan fingerprint density at radius 3 is 3.20 bits per heavy atom. The lowest BCUT2D eigenvalue weighted by atomic mass is 10.1. The smallest absolute Gasteiger partial charge is 0.0261 e. The van der Waals surface area contributed by atoms with Gasteiger partial charge in [0.05, 0.1) is 0 Å². The van der Waals surface area contributed by atoms with Crippen LogP contribution in [0, 0.1) is 5.92 Å². The molecule has 10 heavy (non-hydrogen) atoms. The fourth-order valence-electron chi connectivity index (χ4n) is 1.25. The van der Waals surface area contributed by atoms with Crippen molar-refractivity contribution in [2.24, 2.45) is 11.0 Å². The second-order valence-electron chi connectivity index (χ2n) is 2.60. The van der Waals surface area contributed by atoms with Crippen molar-refractivity contribution < 1.29 is 0 Å². The maximum atomic E-state index is 7.98. The second kappa shape index (κ2) is 4.14.